The molecule has 0 saturated heterocycles. The van der Waals surface area contributed by atoms with Gasteiger partial charge in [0, 0.05) is 0 Å². The van der Waals surface area contributed by atoms with Gasteiger partial charge in [0.25, 0.3) is 0 Å². The molecule has 0 amide bonds. The molecule has 1 rings (SSSR count). The van der Waals surface area contributed by atoms with E-state index in [0.29, 0.717) is 0 Å². The fourth-order valence-electron chi connectivity index (χ4n) is 0.910. The van der Waals surface area contributed by atoms with Gasteiger partial charge in [-0.3, -0.25) is 4.79 Å². The van der Waals surface area contributed by atoms with Crippen LogP contribution in [0.3, 0.4) is 0 Å². The Morgan fingerprint density at radius 3 is 2.40 bits per heavy atom. The highest BCUT2D eigenvalue weighted by Gasteiger charge is 2.17. The molecule has 80 valence electrons. The molecule has 0 radical (unpaired) electrons. The van der Waals surface area contributed by atoms with Crippen LogP contribution in [-0.4, -0.2) is 17.0 Å². The molecule has 0 aliphatic carbocycles. The third-order valence-electron chi connectivity index (χ3n) is 1.79. The zero-order valence-corrected chi connectivity index (χ0v) is 8.56. The zero-order valence-electron chi connectivity index (χ0n) is 8.56. The first kappa shape index (κ1) is 11.2. The molecule has 0 unspecified atom stereocenters. The lowest BCUT2D eigenvalue weighted by molar-refractivity contribution is -0.141. The molecule has 0 atom stereocenters. The molecule has 1 aromatic rings. The van der Waals surface area contributed by atoms with E-state index in [-0.39, 0.29) is 17.2 Å². The average Bonchev–Trinajstić information content (AvgIpc) is 2.18. The van der Waals surface area contributed by atoms with E-state index >= 15 is 0 Å². The number of rotatable bonds is 2. The summed E-state index contributed by atoms with van der Waals surface area (Å²) in [6, 6.07) is 5.91. The first-order valence-corrected chi connectivity index (χ1v) is 4.56. The number of benzene rings is 1. The molecule has 0 fully saturated rings. The Morgan fingerprint density at radius 1 is 1.27 bits per heavy atom. The summed E-state index contributed by atoms with van der Waals surface area (Å²) in [7, 11) is 0. The van der Waals surface area contributed by atoms with Crippen molar-refractivity contribution < 1.29 is 19.4 Å². The quantitative estimate of drug-likeness (QED) is 0.593. The topological polar surface area (TPSA) is 63.6 Å². The standard InChI is InChI=1S/C11H12O4/c1-7(2)10(13)15-11(14)8-5-3-4-6-9(8)12/h3-7,12H,1-2H3. The van der Waals surface area contributed by atoms with Gasteiger partial charge < -0.3 is 9.84 Å². The van der Waals surface area contributed by atoms with Gasteiger partial charge in [0.15, 0.2) is 0 Å². The van der Waals surface area contributed by atoms with E-state index in [4.69, 9.17) is 0 Å². The van der Waals surface area contributed by atoms with Crippen LogP contribution in [0.15, 0.2) is 24.3 Å². The Balaban J connectivity index is 2.79. The van der Waals surface area contributed by atoms with Crippen LogP contribution < -0.4 is 0 Å². The number of phenolic OH excluding ortho intramolecular Hbond substituents is 1. The monoisotopic (exact) mass is 208 g/mol. The summed E-state index contributed by atoms with van der Waals surface area (Å²) in [6.45, 7) is 3.25. The third kappa shape index (κ3) is 2.80. The number of carbonyl (C=O) groups is 2. The highest BCUT2D eigenvalue weighted by atomic mass is 16.6. The number of ether oxygens (including phenoxy) is 1. The van der Waals surface area contributed by atoms with E-state index in [0.717, 1.165) is 0 Å². The number of hydrogen-bond donors (Lipinski definition) is 1. The Kier molecular flexibility index (Phi) is 3.44. The Bertz CT molecular complexity index is 382. The van der Waals surface area contributed by atoms with Crippen molar-refractivity contribution in [1.29, 1.82) is 0 Å². The minimum atomic E-state index is -0.827. The number of aromatic hydroxyl groups is 1. The van der Waals surface area contributed by atoms with Gasteiger partial charge in [0.2, 0.25) is 0 Å². The lowest BCUT2D eigenvalue weighted by atomic mass is 10.2. The minimum absolute atomic E-state index is 0.00787. The van der Waals surface area contributed by atoms with Gasteiger partial charge in [0.05, 0.1) is 5.92 Å². The van der Waals surface area contributed by atoms with Gasteiger partial charge in [-0.2, -0.15) is 0 Å². The summed E-state index contributed by atoms with van der Waals surface area (Å²) in [5, 5.41) is 9.32. The Hall–Kier alpha value is -1.84. The smallest absolute Gasteiger partial charge is 0.349 e. The highest BCUT2D eigenvalue weighted by molar-refractivity contribution is 5.99. The molecule has 0 spiro atoms. The number of esters is 2. The molecule has 0 aliphatic rings. The van der Waals surface area contributed by atoms with Crippen molar-refractivity contribution in [3.05, 3.63) is 29.8 Å². The lowest BCUT2D eigenvalue weighted by Gasteiger charge is -2.05. The van der Waals surface area contributed by atoms with Crippen LogP contribution >= 0.6 is 0 Å². The maximum Gasteiger partial charge on any atom is 0.349 e. The molecule has 0 aliphatic heterocycles. The Morgan fingerprint density at radius 2 is 1.87 bits per heavy atom. The molecular formula is C11H12O4. The van der Waals surface area contributed by atoms with Crippen molar-refractivity contribution >= 4 is 11.9 Å². The summed E-state index contributed by atoms with van der Waals surface area (Å²) < 4.78 is 4.54. The molecule has 0 heterocycles. The van der Waals surface area contributed by atoms with Crippen LogP contribution in [0.2, 0.25) is 0 Å². The summed E-state index contributed by atoms with van der Waals surface area (Å²) >= 11 is 0. The molecule has 0 saturated carbocycles. The van der Waals surface area contributed by atoms with E-state index < -0.39 is 11.9 Å². The van der Waals surface area contributed by atoms with Crippen molar-refractivity contribution in [3.8, 4) is 5.75 Å². The van der Waals surface area contributed by atoms with Crippen LogP contribution in [0.4, 0.5) is 0 Å². The number of para-hydroxylation sites is 1. The largest absolute Gasteiger partial charge is 0.507 e. The second-order valence-corrected chi connectivity index (χ2v) is 3.38. The van der Waals surface area contributed by atoms with Gasteiger partial charge in [-0.25, -0.2) is 4.79 Å². The lowest BCUT2D eigenvalue weighted by Crippen LogP contribution is -2.17. The molecule has 4 heteroatoms. The van der Waals surface area contributed by atoms with Gasteiger partial charge in [0.1, 0.15) is 11.3 Å². The molecule has 1 aromatic carbocycles. The number of carbonyl (C=O) groups excluding carboxylic acids is 2. The summed E-state index contributed by atoms with van der Waals surface area (Å²) in [5.74, 6) is -2.01. The average molecular weight is 208 g/mol. The van der Waals surface area contributed by atoms with Crippen LogP contribution in [0.1, 0.15) is 24.2 Å². The number of hydrogen-bond acceptors (Lipinski definition) is 4. The summed E-state index contributed by atoms with van der Waals surface area (Å²) in [5.41, 5.74) is -0.00787. The predicted molar refractivity (Wildman–Crippen MR) is 53.4 cm³/mol. The first-order valence-electron chi connectivity index (χ1n) is 4.56. The molecule has 0 bridgehead atoms. The van der Waals surface area contributed by atoms with Gasteiger partial charge in [-0.15, -0.1) is 0 Å². The third-order valence-corrected chi connectivity index (χ3v) is 1.79. The molecule has 15 heavy (non-hydrogen) atoms. The van der Waals surface area contributed by atoms with Crippen LogP contribution in [0, 0.1) is 5.92 Å². The van der Waals surface area contributed by atoms with Crippen LogP contribution in [-0.2, 0) is 9.53 Å². The predicted octanol–water partition coefficient (Wildman–Crippen LogP) is 1.73. The van der Waals surface area contributed by atoms with E-state index in [1.54, 1.807) is 26.0 Å². The van der Waals surface area contributed by atoms with Crippen molar-refractivity contribution in [2.75, 3.05) is 0 Å². The molecular weight excluding hydrogens is 196 g/mol. The highest BCUT2D eigenvalue weighted by Crippen LogP contribution is 2.17. The Labute approximate surface area is 87.5 Å². The first-order chi connectivity index (χ1) is 7.02. The van der Waals surface area contributed by atoms with Crippen molar-refractivity contribution in [2.45, 2.75) is 13.8 Å². The second kappa shape index (κ2) is 4.59. The van der Waals surface area contributed by atoms with Crippen LogP contribution in [0.25, 0.3) is 0 Å². The van der Waals surface area contributed by atoms with Crippen LogP contribution in [0.5, 0.6) is 5.75 Å². The molecule has 1 N–H and O–H groups in total. The number of phenols is 1. The van der Waals surface area contributed by atoms with E-state index in [9.17, 15) is 14.7 Å². The van der Waals surface area contributed by atoms with E-state index in [2.05, 4.69) is 4.74 Å². The fraction of sp³-hybridized carbons (Fsp3) is 0.273. The maximum atomic E-state index is 11.4. The van der Waals surface area contributed by atoms with Gasteiger partial charge in [-0.1, -0.05) is 26.0 Å². The van der Waals surface area contributed by atoms with Gasteiger partial charge >= 0.3 is 11.9 Å². The van der Waals surface area contributed by atoms with Crippen molar-refractivity contribution in [2.24, 2.45) is 5.92 Å². The van der Waals surface area contributed by atoms with Crippen molar-refractivity contribution in [1.82, 2.24) is 0 Å². The summed E-state index contributed by atoms with van der Waals surface area (Å²) in [4.78, 5) is 22.5. The summed E-state index contributed by atoms with van der Waals surface area (Å²) in [6.07, 6.45) is 0. The fourth-order valence-corrected chi connectivity index (χ4v) is 0.910. The van der Waals surface area contributed by atoms with Crippen molar-refractivity contribution in [3.63, 3.8) is 0 Å². The SMILES string of the molecule is CC(C)C(=O)OC(=O)c1ccccc1O. The molecule has 0 aromatic heterocycles. The van der Waals surface area contributed by atoms with E-state index in [1.165, 1.54) is 12.1 Å². The normalized spacial score (nSPS) is 10.1. The second-order valence-electron chi connectivity index (χ2n) is 3.38. The van der Waals surface area contributed by atoms with Gasteiger partial charge in [-0.05, 0) is 12.1 Å². The maximum absolute atomic E-state index is 11.4. The zero-order chi connectivity index (χ0) is 11.4. The minimum Gasteiger partial charge on any atom is -0.507 e. The van der Waals surface area contributed by atoms with E-state index in [1.807, 2.05) is 0 Å². The molecule has 4 nitrogen and oxygen atoms in total.